The third-order valence-corrected chi connectivity index (χ3v) is 3.35. The number of nitrogens with one attached hydrogen (secondary N) is 1. The summed E-state index contributed by atoms with van der Waals surface area (Å²) in [4.78, 5) is 11.3. The van der Waals surface area contributed by atoms with E-state index in [-0.39, 0.29) is 11.3 Å². The van der Waals surface area contributed by atoms with Crippen molar-refractivity contribution in [2.45, 2.75) is 33.1 Å². The quantitative estimate of drug-likeness (QED) is 0.869. The molecule has 0 spiro atoms. The van der Waals surface area contributed by atoms with Crippen molar-refractivity contribution in [3.05, 3.63) is 22.7 Å². The molecular formula is C14H18ClN3O. The number of hydrogen-bond donors (Lipinski definition) is 1. The van der Waals surface area contributed by atoms with E-state index in [9.17, 15) is 4.79 Å². The molecule has 0 aliphatic rings. The van der Waals surface area contributed by atoms with Gasteiger partial charge in [0.2, 0.25) is 5.91 Å². The molecule has 5 heteroatoms. The second-order valence-corrected chi connectivity index (χ2v) is 6.13. The van der Waals surface area contributed by atoms with Gasteiger partial charge >= 0.3 is 0 Å². The van der Waals surface area contributed by atoms with E-state index in [4.69, 9.17) is 11.6 Å². The fourth-order valence-electron chi connectivity index (χ4n) is 2.24. The van der Waals surface area contributed by atoms with Crippen molar-refractivity contribution in [3.8, 4) is 0 Å². The number of hydrogen-bond acceptors (Lipinski definition) is 2. The third kappa shape index (κ3) is 2.45. The molecular weight excluding hydrogens is 262 g/mol. The lowest BCUT2D eigenvalue weighted by Gasteiger charge is -2.20. The molecule has 1 aromatic carbocycles. The highest BCUT2D eigenvalue weighted by Crippen LogP contribution is 2.37. The number of carbonyl (C=O) groups excluding carboxylic acids is 1. The number of nitrogens with zero attached hydrogens (tertiary/aromatic N) is 2. The number of carbonyl (C=O) groups is 1. The zero-order valence-electron chi connectivity index (χ0n) is 11.8. The lowest BCUT2D eigenvalue weighted by atomic mass is 9.85. The minimum Gasteiger partial charge on any atom is -0.309 e. The van der Waals surface area contributed by atoms with Crippen LogP contribution in [0.2, 0.25) is 5.02 Å². The van der Waals surface area contributed by atoms with Gasteiger partial charge in [-0.25, -0.2) is 0 Å². The first-order chi connectivity index (χ1) is 8.71. The Labute approximate surface area is 117 Å². The lowest BCUT2D eigenvalue weighted by Crippen LogP contribution is -2.13. The molecule has 0 bridgehead atoms. The molecule has 0 aliphatic carbocycles. The number of fused-ring (bicyclic) bond motifs is 1. The van der Waals surface area contributed by atoms with Crippen LogP contribution < -0.4 is 5.32 Å². The van der Waals surface area contributed by atoms with E-state index in [1.165, 1.54) is 6.92 Å². The number of halogens is 1. The standard InChI is InChI=1S/C14H18ClN3O/c1-8(19)16-13-11-10(15)7-6-9(14(2,3)4)12(11)18(5)17-13/h6-7H,1-5H3,(H,16,17,19). The predicted molar refractivity (Wildman–Crippen MR) is 78.7 cm³/mol. The maximum atomic E-state index is 11.3. The molecule has 0 radical (unpaired) electrons. The average molecular weight is 280 g/mol. The van der Waals surface area contributed by atoms with Crippen LogP contribution >= 0.6 is 11.6 Å². The van der Waals surface area contributed by atoms with E-state index in [1.54, 1.807) is 4.68 Å². The molecule has 1 N–H and O–H groups in total. The number of aromatic nitrogens is 2. The highest BCUT2D eigenvalue weighted by atomic mass is 35.5. The third-order valence-electron chi connectivity index (χ3n) is 3.04. The second kappa shape index (κ2) is 4.53. The number of amides is 1. The summed E-state index contributed by atoms with van der Waals surface area (Å²) in [6.45, 7) is 7.88. The Morgan fingerprint density at radius 1 is 1.37 bits per heavy atom. The molecule has 1 aromatic heterocycles. The number of benzene rings is 1. The first-order valence-corrected chi connectivity index (χ1v) is 6.53. The van der Waals surface area contributed by atoms with Gasteiger partial charge in [0.25, 0.3) is 0 Å². The molecule has 0 saturated heterocycles. The van der Waals surface area contributed by atoms with E-state index < -0.39 is 0 Å². The van der Waals surface area contributed by atoms with Crippen molar-refractivity contribution in [1.29, 1.82) is 0 Å². The zero-order chi connectivity index (χ0) is 14.4. The van der Waals surface area contributed by atoms with Gasteiger partial charge in [-0.2, -0.15) is 5.10 Å². The van der Waals surface area contributed by atoms with Gasteiger partial charge in [0.1, 0.15) is 0 Å². The molecule has 102 valence electrons. The van der Waals surface area contributed by atoms with Crippen LogP contribution in [0.5, 0.6) is 0 Å². The maximum Gasteiger partial charge on any atom is 0.222 e. The van der Waals surface area contributed by atoms with Gasteiger partial charge in [-0.05, 0) is 17.0 Å². The van der Waals surface area contributed by atoms with Crippen LogP contribution in [-0.2, 0) is 17.3 Å². The summed E-state index contributed by atoms with van der Waals surface area (Å²) in [6, 6.07) is 3.88. The van der Waals surface area contributed by atoms with E-state index in [0.717, 1.165) is 16.5 Å². The van der Waals surface area contributed by atoms with Crippen LogP contribution in [0.4, 0.5) is 5.82 Å². The highest BCUT2D eigenvalue weighted by Gasteiger charge is 2.23. The Kier molecular flexibility index (Phi) is 3.31. The number of aryl methyl sites for hydroxylation is 1. The van der Waals surface area contributed by atoms with Gasteiger partial charge in [-0.15, -0.1) is 0 Å². The van der Waals surface area contributed by atoms with Crippen molar-refractivity contribution in [1.82, 2.24) is 9.78 Å². The van der Waals surface area contributed by atoms with Crippen LogP contribution in [0, 0.1) is 0 Å². The highest BCUT2D eigenvalue weighted by molar-refractivity contribution is 6.36. The molecule has 1 amide bonds. The minimum absolute atomic E-state index is 0.0237. The topological polar surface area (TPSA) is 46.9 Å². The first kappa shape index (κ1) is 13.9. The largest absolute Gasteiger partial charge is 0.309 e. The molecule has 1 heterocycles. The van der Waals surface area contributed by atoms with Crippen molar-refractivity contribution in [2.75, 3.05) is 5.32 Å². The van der Waals surface area contributed by atoms with Gasteiger partial charge in [0.15, 0.2) is 5.82 Å². The zero-order valence-corrected chi connectivity index (χ0v) is 12.6. The summed E-state index contributed by atoms with van der Waals surface area (Å²) in [7, 11) is 1.86. The van der Waals surface area contributed by atoms with Gasteiger partial charge in [0.05, 0.1) is 15.9 Å². The summed E-state index contributed by atoms with van der Waals surface area (Å²) in [5, 5.41) is 8.49. The van der Waals surface area contributed by atoms with Crippen LogP contribution in [0.3, 0.4) is 0 Å². The second-order valence-electron chi connectivity index (χ2n) is 5.72. The van der Waals surface area contributed by atoms with Crippen molar-refractivity contribution in [2.24, 2.45) is 7.05 Å². The molecule has 0 unspecified atom stereocenters. The summed E-state index contributed by atoms with van der Waals surface area (Å²) in [5.41, 5.74) is 2.09. The predicted octanol–water partition coefficient (Wildman–Crippen LogP) is 3.48. The lowest BCUT2D eigenvalue weighted by molar-refractivity contribution is -0.114. The molecule has 0 fully saturated rings. The van der Waals surface area contributed by atoms with E-state index in [0.29, 0.717) is 10.8 Å². The maximum absolute atomic E-state index is 11.3. The number of rotatable bonds is 1. The smallest absolute Gasteiger partial charge is 0.222 e. The van der Waals surface area contributed by atoms with Gasteiger partial charge in [-0.1, -0.05) is 38.4 Å². The van der Waals surface area contributed by atoms with Gasteiger partial charge in [0, 0.05) is 14.0 Å². The van der Waals surface area contributed by atoms with Crippen LogP contribution in [0.1, 0.15) is 33.3 Å². The fourth-order valence-corrected chi connectivity index (χ4v) is 2.48. The van der Waals surface area contributed by atoms with Crippen molar-refractivity contribution < 1.29 is 4.79 Å². The Bertz CT molecular complexity index is 653. The molecule has 0 atom stereocenters. The van der Waals surface area contributed by atoms with Gasteiger partial charge in [-0.3, -0.25) is 9.48 Å². The molecule has 0 saturated carbocycles. The monoisotopic (exact) mass is 279 g/mol. The minimum atomic E-state index is -0.155. The Balaban J connectivity index is 2.81. The summed E-state index contributed by atoms with van der Waals surface area (Å²) in [6.07, 6.45) is 0. The Morgan fingerprint density at radius 3 is 2.53 bits per heavy atom. The van der Waals surface area contributed by atoms with Crippen molar-refractivity contribution >= 4 is 34.2 Å². The SMILES string of the molecule is CC(=O)Nc1nn(C)c2c(C(C)(C)C)ccc(Cl)c12. The molecule has 4 nitrogen and oxygen atoms in total. The van der Waals surface area contributed by atoms with E-state index in [2.05, 4.69) is 31.2 Å². The van der Waals surface area contributed by atoms with Gasteiger partial charge < -0.3 is 5.32 Å². The summed E-state index contributed by atoms with van der Waals surface area (Å²) < 4.78 is 1.77. The number of anilines is 1. The van der Waals surface area contributed by atoms with E-state index in [1.807, 2.05) is 19.2 Å². The first-order valence-electron chi connectivity index (χ1n) is 6.15. The Morgan fingerprint density at radius 2 is 2.00 bits per heavy atom. The fraction of sp³-hybridized carbons (Fsp3) is 0.429. The van der Waals surface area contributed by atoms with Crippen molar-refractivity contribution in [3.63, 3.8) is 0 Å². The Hall–Kier alpha value is -1.55. The van der Waals surface area contributed by atoms with E-state index >= 15 is 0 Å². The van der Waals surface area contributed by atoms with Crippen LogP contribution in [0.15, 0.2) is 12.1 Å². The molecule has 0 aliphatic heterocycles. The average Bonchev–Trinajstić information content (AvgIpc) is 2.54. The van der Waals surface area contributed by atoms with Crippen LogP contribution in [0.25, 0.3) is 10.9 Å². The molecule has 19 heavy (non-hydrogen) atoms. The summed E-state index contributed by atoms with van der Waals surface area (Å²) >= 11 is 6.28. The molecule has 2 rings (SSSR count). The molecule has 2 aromatic rings. The summed E-state index contributed by atoms with van der Waals surface area (Å²) in [5.74, 6) is 0.360. The van der Waals surface area contributed by atoms with Crippen LogP contribution in [-0.4, -0.2) is 15.7 Å². The normalized spacial score (nSPS) is 11.9.